The summed E-state index contributed by atoms with van der Waals surface area (Å²) in [6.45, 7) is 4.79. The van der Waals surface area contributed by atoms with Crippen LogP contribution in [0.25, 0.3) is 6.08 Å². The molecule has 2 aromatic heterocycles. The average molecular weight is 443 g/mol. The summed E-state index contributed by atoms with van der Waals surface area (Å²) in [5.41, 5.74) is 1.13. The first-order valence-corrected chi connectivity index (χ1v) is 10.3. The van der Waals surface area contributed by atoms with Crippen LogP contribution in [0.3, 0.4) is 0 Å². The molecule has 168 valence electrons. The maximum Gasteiger partial charge on any atom is 0.263 e. The second-order valence-corrected chi connectivity index (χ2v) is 7.73. The summed E-state index contributed by atoms with van der Waals surface area (Å²) in [5, 5.41) is 15.8. The summed E-state index contributed by atoms with van der Waals surface area (Å²) in [5.74, 6) is 1.75. The molecule has 0 bridgehead atoms. The van der Waals surface area contributed by atoms with E-state index in [1.54, 1.807) is 30.9 Å². The van der Waals surface area contributed by atoms with Crippen LogP contribution in [0.15, 0.2) is 28.8 Å². The molecule has 1 aliphatic rings. The van der Waals surface area contributed by atoms with Crippen molar-refractivity contribution in [3.63, 3.8) is 0 Å². The number of carbonyl (C=O) groups is 1. The number of amides is 1. The summed E-state index contributed by atoms with van der Waals surface area (Å²) in [6, 6.07) is 4.35. The zero-order valence-corrected chi connectivity index (χ0v) is 17.8. The van der Waals surface area contributed by atoms with Crippen LogP contribution < -0.4 is 0 Å². The zero-order chi connectivity index (χ0) is 22.7. The van der Waals surface area contributed by atoms with E-state index in [4.69, 9.17) is 4.52 Å². The van der Waals surface area contributed by atoms with Gasteiger partial charge in [0.05, 0.1) is 6.54 Å². The number of nitrogens with zero attached hydrogens (tertiary/aromatic N) is 7. The predicted octanol–water partition coefficient (Wildman–Crippen LogP) is 3.08. The van der Waals surface area contributed by atoms with Crippen LogP contribution in [0, 0.1) is 13.8 Å². The van der Waals surface area contributed by atoms with Gasteiger partial charge in [0.2, 0.25) is 11.8 Å². The van der Waals surface area contributed by atoms with Crippen LogP contribution >= 0.6 is 0 Å². The standard InChI is InChI=1S/C21H23F2N7O2/c1-13-25-28-30(26-13)12-18-11-17(20(22)23)4-3-15(18)5-6-19(31)29-9-7-16(8-10-29)21-24-14(2)32-27-21/h3-6,11,16,20H,7-10,12H2,1-2H3. The number of tetrazole rings is 1. The Balaban J connectivity index is 1.44. The predicted molar refractivity (Wildman–Crippen MR) is 110 cm³/mol. The third-order valence-electron chi connectivity index (χ3n) is 5.40. The highest BCUT2D eigenvalue weighted by Gasteiger charge is 2.25. The molecule has 32 heavy (non-hydrogen) atoms. The Kier molecular flexibility index (Phi) is 6.33. The second kappa shape index (κ2) is 9.33. The monoisotopic (exact) mass is 443 g/mol. The number of piperidine rings is 1. The fourth-order valence-corrected chi connectivity index (χ4v) is 3.71. The number of likely N-dealkylation sites (tertiary alicyclic amines) is 1. The molecule has 1 aromatic carbocycles. The number of hydrogen-bond acceptors (Lipinski definition) is 7. The Hall–Kier alpha value is -3.50. The van der Waals surface area contributed by atoms with E-state index in [1.165, 1.54) is 23.0 Å². The zero-order valence-electron chi connectivity index (χ0n) is 17.8. The maximum absolute atomic E-state index is 13.2. The number of halogens is 2. The van der Waals surface area contributed by atoms with Crippen molar-refractivity contribution >= 4 is 12.0 Å². The Morgan fingerprint density at radius 3 is 2.69 bits per heavy atom. The third-order valence-corrected chi connectivity index (χ3v) is 5.40. The molecule has 1 amide bonds. The number of hydrogen-bond donors (Lipinski definition) is 0. The molecule has 4 rings (SSSR count). The molecule has 0 N–H and O–H groups in total. The minimum Gasteiger partial charge on any atom is -0.340 e. The van der Waals surface area contributed by atoms with Gasteiger partial charge in [-0.25, -0.2) is 8.78 Å². The largest absolute Gasteiger partial charge is 0.340 e. The van der Waals surface area contributed by atoms with Crippen LogP contribution in [0.1, 0.15) is 59.4 Å². The first kappa shape index (κ1) is 21.7. The Bertz CT molecular complexity index is 1120. The van der Waals surface area contributed by atoms with E-state index >= 15 is 0 Å². The number of benzene rings is 1. The van der Waals surface area contributed by atoms with E-state index in [1.807, 2.05) is 0 Å². The fourth-order valence-electron chi connectivity index (χ4n) is 3.71. The summed E-state index contributed by atoms with van der Waals surface area (Å²) in [4.78, 5) is 20.1. The van der Waals surface area contributed by atoms with Gasteiger partial charge in [-0.1, -0.05) is 17.3 Å². The van der Waals surface area contributed by atoms with Crippen LogP contribution in [-0.2, 0) is 11.3 Å². The summed E-state index contributed by atoms with van der Waals surface area (Å²) in [7, 11) is 0. The van der Waals surface area contributed by atoms with E-state index in [9.17, 15) is 13.6 Å². The minimum atomic E-state index is -2.59. The molecule has 0 saturated carbocycles. The van der Waals surface area contributed by atoms with Crippen molar-refractivity contribution in [2.75, 3.05) is 13.1 Å². The normalized spacial score (nSPS) is 15.2. The summed E-state index contributed by atoms with van der Waals surface area (Å²) < 4.78 is 31.4. The van der Waals surface area contributed by atoms with Crippen LogP contribution in [0.4, 0.5) is 8.78 Å². The van der Waals surface area contributed by atoms with Crippen molar-refractivity contribution in [2.45, 2.75) is 45.6 Å². The molecule has 3 heterocycles. The SMILES string of the molecule is Cc1nnn(Cc2cc(C(F)F)ccc2C=CC(=O)N2CCC(c3noc(C)n3)CC2)n1. The number of carbonyl (C=O) groups excluding carboxylic acids is 1. The van der Waals surface area contributed by atoms with Gasteiger partial charge in [0, 0.05) is 37.6 Å². The van der Waals surface area contributed by atoms with E-state index in [0.717, 1.165) is 12.8 Å². The minimum absolute atomic E-state index is 0.0981. The van der Waals surface area contributed by atoms with E-state index < -0.39 is 6.43 Å². The summed E-state index contributed by atoms with van der Waals surface area (Å²) in [6.07, 6.45) is 2.03. The molecule has 3 aromatic rings. The van der Waals surface area contributed by atoms with Gasteiger partial charge >= 0.3 is 0 Å². The molecule has 1 aliphatic heterocycles. The van der Waals surface area contributed by atoms with Gasteiger partial charge in [-0.3, -0.25) is 4.79 Å². The number of aromatic nitrogens is 6. The fraction of sp³-hybridized carbons (Fsp3) is 0.429. The molecule has 9 nitrogen and oxygen atoms in total. The topological polar surface area (TPSA) is 103 Å². The van der Waals surface area contributed by atoms with E-state index in [0.29, 0.717) is 41.8 Å². The molecule has 0 aliphatic carbocycles. The second-order valence-electron chi connectivity index (χ2n) is 7.73. The van der Waals surface area contributed by atoms with Gasteiger partial charge in [-0.05, 0) is 48.2 Å². The van der Waals surface area contributed by atoms with Crippen molar-refractivity contribution in [1.82, 2.24) is 35.2 Å². The quantitative estimate of drug-likeness (QED) is 0.540. The summed E-state index contributed by atoms with van der Waals surface area (Å²) >= 11 is 0. The Morgan fingerprint density at radius 1 is 1.28 bits per heavy atom. The van der Waals surface area contributed by atoms with Crippen molar-refractivity contribution in [3.05, 3.63) is 58.5 Å². The highest BCUT2D eigenvalue weighted by molar-refractivity contribution is 5.92. The Labute approximate surface area is 183 Å². The van der Waals surface area contributed by atoms with Crippen molar-refractivity contribution < 1.29 is 18.1 Å². The molecular weight excluding hydrogens is 420 g/mol. The molecule has 1 fully saturated rings. The van der Waals surface area contributed by atoms with Gasteiger partial charge < -0.3 is 9.42 Å². The number of alkyl halides is 2. The number of aryl methyl sites for hydroxylation is 2. The van der Waals surface area contributed by atoms with Gasteiger partial charge in [-0.2, -0.15) is 9.78 Å². The highest BCUT2D eigenvalue weighted by atomic mass is 19.3. The highest BCUT2D eigenvalue weighted by Crippen LogP contribution is 2.26. The smallest absolute Gasteiger partial charge is 0.263 e. The van der Waals surface area contributed by atoms with Gasteiger partial charge in [-0.15, -0.1) is 10.2 Å². The molecular formula is C21H23F2N7O2. The van der Waals surface area contributed by atoms with Crippen LogP contribution in [0.2, 0.25) is 0 Å². The lowest BCUT2D eigenvalue weighted by Crippen LogP contribution is -2.37. The first-order valence-electron chi connectivity index (χ1n) is 10.3. The molecule has 0 radical (unpaired) electrons. The Morgan fingerprint density at radius 2 is 2.06 bits per heavy atom. The van der Waals surface area contributed by atoms with Crippen molar-refractivity contribution in [2.24, 2.45) is 0 Å². The molecule has 0 unspecified atom stereocenters. The lowest BCUT2D eigenvalue weighted by Gasteiger charge is -2.29. The van der Waals surface area contributed by atoms with Gasteiger partial charge in [0.1, 0.15) is 0 Å². The average Bonchev–Trinajstić information content (AvgIpc) is 3.40. The van der Waals surface area contributed by atoms with E-state index in [-0.39, 0.29) is 23.9 Å². The molecule has 0 spiro atoms. The number of rotatable bonds is 6. The van der Waals surface area contributed by atoms with E-state index in [2.05, 4.69) is 25.6 Å². The molecule has 1 saturated heterocycles. The first-order chi connectivity index (χ1) is 15.4. The van der Waals surface area contributed by atoms with Crippen molar-refractivity contribution in [1.29, 1.82) is 0 Å². The van der Waals surface area contributed by atoms with Crippen LogP contribution in [0.5, 0.6) is 0 Å². The third kappa shape index (κ3) is 5.04. The van der Waals surface area contributed by atoms with Gasteiger partial charge in [0.15, 0.2) is 11.6 Å². The lowest BCUT2D eigenvalue weighted by molar-refractivity contribution is -0.127. The van der Waals surface area contributed by atoms with Crippen molar-refractivity contribution in [3.8, 4) is 0 Å². The maximum atomic E-state index is 13.2. The van der Waals surface area contributed by atoms with Gasteiger partial charge in [0.25, 0.3) is 6.43 Å². The lowest BCUT2D eigenvalue weighted by atomic mass is 9.96. The molecule has 11 heteroatoms. The molecule has 0 atom stereocenters. The van der Waals surface area contributed by atoms with Crippen LogP contribution in [-0.4, -0.2) is 54.2 Å².